The summed E-state index contributed by atoms with van der Waals surface area (Å²) in [5, 5.41) is 8.44. The molecule has 3 heterocycles. The van der Waals surface area contributed by atoms with E-state index in [1.807, 2.05) is 22.7 Å². The van der Waals surface area contributed by atoms with Gasteiger partial charge in [-0.2, -0.15) is 0 Å². The zero-order chi connectivity index (χ0) is 12.4. The maximum absolute atomic E-state index is 5.34. The molecule has 0 amide bonds. The minimum atomic E-state index is 0.841. The third-order valence-corrected chi connectivity index (χ3v) is 3.69. The van der Waals surface area contributed by atoms with Gasteiger partial charge in [-0.1, -0.05) is 15.9 Å². The number of hydrogen-bond donors (Lipinski definition) is 0. The van der Waals surface area contributed by atoms with E-state index in [0.29, 0.717) is 0 Å². The highest BCUT2D eigenvalue weighted by atomic mass is 79.9. The summed E-state index contributed by atoms with van der Waals surface area (Å²) in [5.74, 6) is 1.02. The minimum absolute atomic E-state index is 0.841. The SMILES string of the molecule is Brc1ccn2c(CCN3CCOCC3)nnc2c1. The van der Waals surface area contributed by atoms with Crippen LogP contribution in [0, 0.1) is 0 Å². The normalized spacial score (nSPS) is 17.4. The topological polar surface area (TPSA) is 42.7 Å². The van der Waals surface area contributed by atoms with Crippen LogP contribution in [0.2, 0.25) is 0 Å². The van der Waals surface area contributed by atoms with Crippen molar-refractivity contribution >= 4 is 21.6 Å². The fourth-order valence-electron chi connectivity index (χ4n) is 2.17. The second kappa shape index (κ2) is 5.34. The van der Waals surface area contributed by atoms with Gasteiger partial charge in [0.05, 0.1) is 13.2 Å². The Morgan fingerprint density at radius 2 is 2.11 bits per heavy atom. The van der Waals surface area contributed by atoms with Crippen molar-refractivity contribution in [3.63, 3.8) is 0 Å². The van der Waals surface area contributed by atoms with E-state index in [9.17, 15) is 0 Å². The first-order valence-corrected chi connectivity index (χ1v) is 6.91. The molecule has 0 unspecified atom stereocenters. The smallest absolute Gasteiger partial charge is 0.161 e. The van der Waals surface area contributed by atoms with Crippen molar-refractivity contribution in [3.8, 4) is 0 Å². The molecule has 18 heavy (non-hydrogen) atoms. The minimum Gasteiger partial charge on any atom is -0.379 e. The Morgan fingerprint density at radius 1 is 1.28 bits per heavy atom. The summed E-state index contributed by atoms with van der Waals surface area (Å²) < 4.78 is 8.42. The van der Waals surface area contributed by atoms with Crippen LogP contribution in [0.15, 0.2) is 22.8 Å². The number of morpholine rings is 1. The van der Waals surface area contributed by atoms with Crippen molar-refractivity contribution in [2.24, 2.45) is 0 Å². The van der Waals surface area contributed by atoms with Crippen LogP contribution in [-0.4, -0.2) is 52.3 Å². The zero-order valence-corrected chi connectivity index (χ0v) is 11.6. The number of ether oxygens (including phenoxy) is 1. The van der Waals surface area contributed by atoms with Crippen molar-refractivity contribution in [2.45, 2.75) is 6.42 Å². The summed E-state index contributed by atoms with van der Waals surface area (Å²) in [5.41, 5.74) is 0.890. The lowest BCUT2D eigenvalue weighted by Crippen LogP contribution is -2.37. The van der Waals surface area contributed by atoms with Gasteiger partial charge in [0.25, 0.3) is 0 Å². The summed E-state index contributed by atoms with van der Waals surface area (Å²) in [6.45, 7) is 4.73. The van der Waals surface area contributed by atoms with E-state index < -0.39 is 0 Å². The molecule has 2 aromatic rings. The Bertz CT molecular complexity index is 536. The Balaban J connectivity index is 1.70. The van der Waals surface area contributed by atoms with Crippen LogP contribution in [0.25, 0.3) is 5.65 Å². The van der Waals surface area contributed by atoms with E-state index in [1.165, 1.54) is 0 Å². The molecule has 0 spiro atoms. The van der Waals surface area contributed by atoms with E-state index in [-0.39, 0.29) is 0 Å². The molecule has 1 saturated heterocycles. The Morgan fingerprint density at radius 3 is 2.94 bits per heavy atom. The quantitative estimate of drug-likeness (QED) is 0.858. The fraction of sp³-hybridized carbons (Fsp3) is 0.500. The summed E-state index contributed by atoms with van der Waals surface area (Å²) in [7, 11) is 0. The lowest BCUT2D eigenvalue weighted by atomic mass is 10.3. The van der Waals surface area contributed by atoms with Crippen LogP contribution in [0.5, 0.6) is 0 Å². The Kier molecular flexibility index (Phi) is 3.58. The van der Waals surface area contributed by atoms with Gasteiger partial charge in [-0.05, 0) is 12.1 Å². The van der Waals surface area contributed by atoms with Gasteiger partial charge in [-0.3, -0.25) is 9.30 Å². The standard InChI is InChI=1S/C12H15BrN4O/c13-10-1-4-17-11(14-15-12(17)9-10)2-3-16-5-7-18-8-6-16/h1,4,9H,2-3,5-8H2. The van der Waals surface area contributed by atoms with Gasteiger partial charge in [-0.15, -0.1) is 10.2 Å². The second-order valence-corrected chi connectivity index (χ2v) is 5.31. The number of rotatable bonds is 3. The third-order valence-electron chi connectivity index (χ3n) is 3.20. The van der Waals surface area contributed by atoms with Crippen LogP contribution in [0.4, 0.5) is 0 Å². The fourth-order valence-corrected chi connectivity index (χ4v) is 2.49. The molecule has 0 aromatic carbocycles. The summed E-state index contributed by atoms with van der Waals surface area (Å²) in [6, 6.07) is 3.99. The number of hydrogen-bond acceptors (Lipinski definition) is 4. The lowest BCUT2D eigenvalue weighted by molar-refractivity contribution is 0.0382. The van der Waals surface area contributed by atoms with E-state index in [4.69, 9.17) is 4.74 Å². The number of pyridine rings is 1. The van der Waals surface area contributed by atoms with Gasteiger partial charge in [-0.25, -0.2) is 0 Å². The van der Waals surface area contributed by atoms with Gasteiger partial charge in [0, 0.05) is 36.7 Å². The van der Waals surface area contributed by atoms with Gasteiger partial charge in [0.2, 0.25) is 0 Å². The molecule has 3 rings (SSSR count). The summed E-state index contributed by atoms with van der Waals surface area (Å²) in [4.78, 5) is 2.41. The molecule has 0 atom stereocenters. The van der Waals surface area contributed by atoms with E-state index in [0.717, 1.165) is 55.2 Å². The van der Waals surface area contributed by atoms with E-state index in [2.05, 4.69) is 31.0 Å². The Hall–Kier alpha value is -0.980. The predicted octanol–water partition coefficient (Wildman–Crippen LogP) is 1.37. The first-order chi connectivity index (χ1) is 8.83. The first-order valence-electron chi connectivity index (χ1n) is 6.12. The van der Waals surface area contributed by atoms with Crippen LogP contribution in [0.3, 0.4) is 0 Å². The molecule has 0 bridgehead atoms. The van der Waals surface area contributed by atoms with E-state index in [1.54, 1.807) is 0 Å². The molecule has 2 aromatic heterocycles. The van der Waals surface area contributed by atoms with Crippen molar-refractivity contribution < 1.29 is 4.74 Å². The summed E-state index contributed by atoms with van der Waals surface area (Å²) in [6.07, 6.45) is 2.93. The van der Waals surface area contributed by atoms with Gasteiger partial charge < -0.3 is 4.74 Å². The number of aromatic nitrogens is 3. The molecular formula is C12H15BrN4O. The molecule has 96 valence electrons. The molecular weight excluding hydrogens is 296 g/mol. The third kappa shape index (κ3) is 2.55. The monoisotopic (exact) mass is 310 g/mol. The average Bonchev–Trinajstić information content (AvgIpc) is 2.80. The molecule has 1 aliphatic heterocycles. The maximum Gasteiger partial charge on any atom is 0.161 e. The highest BCUT2D eigenvalue weighted by Gasteiger charge is 2.12. The van der Waals surface area contributed by atoms with Crippen LogP contribution < -0.4 is 0 Å². The number of fused-ring (bicyclic) bond motifs is 1. The van der Waals surface area contributed by atoms with Gasteiger partial charge in [0.1, 0.15) is 5.82 Å². The van der Waals surface area contributed by atoms with Crippen LogP contribution >= 0.6 is 15.9 Å². The molecule has 0 radical (unpaired) electrons. The van der Waals surface area contributed by atoms with Crippen molar-refractivity contribution in [1.82, 2.24) is 19.5 Å². The lowest BCUT2D eigenvalue weighted by Gasteiger charge is -2.26. The molecule has 0 saturated carbocycles. The molecule has 1 fully saturated rings. The molecule has 6 heteroatoms. The Labute approximate surface area is 114 Å². The van der Waals surface area contributed by atoms with Gasteiger partial charge >= 0.3 is 0 Å². The largest absolute Gasteiger partial charge is 0.379 e. The molecule has 0 N–H and O–H groups in total. The predicted molar refractivity (Wildman–Crippen MR) is 71.7 cm³/mol. The maximum atomic E-state index is 5.34. The van der Waals surface area contributed by atoms with E-state index >= 15 is 0 Å². The molecule has 0 aliphatic carbocycles. The second-order valence-electron chi connectivity index (χ2n) is 4.39. The highest BCUT2D eigenvalue weighted by Crippen LogP contribution is 2.13. The highest BCUT2D eigenvalue weighted by molar-refractivity contribution is 9.10. The van der Waals surface area contributed by atoms with Crippen molar-refractivity contribution in [3.05, 3.63) is 28.6 Å². The average molecular weight is 311 g/mol. The molecule has 5 nitrogen and oxygen atoms in total. The number of nitrogens with zero attached hydrogens (tertiary/aromatic N) is 4. The van der Waals surface area contributed by atoms with Gasteiger partial charge in [0.15, 0.2) is 5.65 Å². The van der Waals surface area contributed by atoms with Crippen molar-refractivity contribution in [1.29, 1.82) is 0 Å². The van der Waals surface area contributed by atoms with Crippen molar-refractivity contribution in [2.75, 3.05) is 32.8 Å². The van der Waals surface area contributed by atoms with Crippen LogP contribution in [-0.2, 0) is 11.2 Å². The summed E-state index contributed by atoms with van der Waals surface area (Å²) >= 11 is 3.44. The zero-order valence-electron chi connectivity index (χ0n) is 10.0. The number of halogens is 1. The van der Waals surface area contributed by atoms with Crippen LogP contribution in [0.1, 0.15) is 5.82 Å². The molecule has 1 aliphatic rings. The first kappa shape index (κ1) is 12.1.